The Morgan fingerprint density at radius 3 is 2.38 bits per heavy atom. The summed E-state index contributed by atoms with van der Waals surface area (Å²) < 4.78 is 0. The van der Waals surface area contributed by atoms with E-state index < -0.39 is 0 Å². The predicted octanol–water partition coefficient (Wildman–Crippen LogP) is 3.08. The van der Waals surface area contributed by atoms with Crippen LogP contribution in [0.5, 0.6) is 0 Å². The molecule has 0 saturated carbocycles. The van der Waals surface area contributed by atoms with Gasteiger partial charge in [0.2, 0.25) is 0 Å². The minimum Gasteiger partial charge on any atom is -0.396 e. The van der Waals surface area contributed by atoms with Crippen LogP contribution < -0.4 is 0 Å². The Morgan fingerprint density at radius 1 is 1.19 bits per heavy atom. The smallest absolute Gasteiger partial charge is 0.0491 e. The molecular formula is C15H22O. The topological polar surface area (TPSA) is 20.2 Å². The molecule has 1 nitrogen and oxygen atoms in total. The standard InChI is InChI=1S/C15H22O/c1-14(2,3)13-6-5-11-8-15(4,10-16)9-12(11)7-13/h5-7,16H,8-10H2,1-4H3. The SMILES string of the molecule is CC1(CO)Cc2ccc(C(C)(C)C)cc2C1. The van der Waals surface area contributed by atoms with Crippen LogP contribution in [0.3, 0.4) is 0 Å². The molecule has 0 heterocycles. The van der Waals surface area contributed by atoms with E-state index in [2.05, 4.69) is 45.9 Å². The second-order valence-corrected chi connectivity index (χ2v) is 6.56. The van der Waals surface area contributed by atoms with Gasteiger partial charge in [-0.3, -0.25) is 0 Å². The fourth-order valence-corrected chi connectivity index (χ4v) is 2.52. The number of fused-ring (bicyclic) bond motifs is 1. The lowest BCUT2D eigenvalue weighted by molar-refractivity contribution is 0.152. The Labute approximate surface area is 98.5 Å². The van der Waals surface area contributed by atoms with E-state index in [4.69, 9.17) is 0 Å². The Balaban J connectivity index is 2.35. The van der Waals surface area contributed by atoms with Crippen LogP contribution in [-0.4, -0.2) is 11.7 Å². The molecule has 0 aromatic heterocycles. The Kier molecular flexibility index (Phi) is 2.62. The van der Waals surface area contributed by atoms with Crippen LogP contribution in [-0.2, 0) is 18.3 Å². The van der Waals surface area contributed by atoms with Crippen LogP contribution >= 0.6 is 0 Å². The van der Waals surface area contributed by atoms with E-state index in [1.54, 1.807) is 0 Å². The summed E-state index contributed by atoms with van der Waals surface area (Å²) in [4.78, 5) is 0. The molecule has 1 aromatic carbocycles. The van der Waals surface area contributed by atoms with E-state index in [0.717, 1.165) is 12.8 Å². The third kappa shape index (κ3) is 2.01. The number of rotatable bonds is 1. The summed E-state index contributed by atoms with van der Waals surface area (Å²) >= 11 is 0. The molecule has 1 aliphatic rings. The van der Waals surface area contributed by atoms with Gasteiger partial charge in [0.1, 0.15) is 0 Å². The van der Waals surface area contributed by atoms with Gasteiger partial charge in [0.25, 0.3) is 0 Å². The molecule has 1 aromatic rings. The molecule has 1 unspecified atom stereocenters. The van der Waals surface area contributed by atoms with Crippen molar-refractivity contribution in [1.29, 1.82) is 0 Å². The van der Waals surface area contributed by atoms with Crippen molar-refractivity contribution in [3.05, 3.63) is 34.9 Å². The zero-order valence-electron chi connectivity index (χ0n) is 10.8. The zero-order valence-corrected chi connectivity index (χ0v) is 10.8. The average Bonchev–Trinajstić information content (AvgIpc) is 2.52. The van der Waals surface area contributed by atoms with E-state index in [0.29, 0.717) is 0 Å². The molecule has 88 valence electrons. The first kappa shape index (κ1) is 11.7. The molecule has 0 bridgehead atoms. The van der Waals surface area contributed by atoms with Gasteiger partial charge in [-0.05, 0) is 40.4 Å². The van der Waals surface area contributed by atoms with Gasteiger partial charge in [-0.15, -0.1) is 0 Å². The normalized spacial score (nSPS) is 24.6. The van der Waals surface area contributed by atoms with Gasteiger partial charge in [-0.25, -0.2) is 0 Å². The molecule has 16 heavy (non-hydrogen) atoms. The van der Waals surface area contributed by atoms with Crippen LogP contribution in [0.25, 0.3) is 0 Å². The molecule has 1 aliphatic carbocycles. The highest BCUT2D eigenvalue weighted by atomic mass is 16.3. The summed E-state index contributed by atoms with van der Waals surface area (Å²) in [6, 6.07) is 6.81. The number of hydrogen-bond acceptors (Lipinski definition) is 1. The predicted molar refractivity (Wildman–Crippen MR) is 67.7 cm³/mol. The summed E-state index contributed by atoms with van der Waals surface area (Å²) in [7, 11) is 0. The third-order valence-electron chi connectivity index (χ3n) is 3.69. The molecular weight excluding hydrogens is 196 g/mol. The molecule has 1 N–H and O–H groups in total. The second kappa shape index (κ2) is 3.59. The highest BCUT2D eigenvalue weighted by Gasteiger charge is 2.32. The molecule has 0 aliphatic heterocycles. The van der Waals surface area contributed by atoms with Crippen LogP contribution in [0.15, 0.2) is 18.2 Å². The van der Waals surface area contributed by atoms with Crippen molar-refractivity contribution in [2.75, 3.05) is 6.61 Å². The van der Waals surface area contributed by atoms with Crippen molar-refractivity contribution in [3.63, 3.8) is 0 Å². The molecule has 0 amide bonds. The van der Waals surface area contributed by atoms with E-state index in [1.807, 2.05) is 0 Å². The maximum Gasteiger partial charge on any atom is 0.0491 e. The van der Waals surface area contributed by atoms with E-state index in [9.17, 15) is 5.11 Å². The van der Waals surface area contributed by atoms with Crippen molar-refractivity contribution in [3.8, 4) is 0 Å². The van der Waals surface area contributed by atoms with Crippen molar-refractivity contribution in [1.82, 2.24) is 0 Å². The van der Waals surface area contributed by atoms with Gasteiger partial charge >= 0.3 is 0 Å². The first-order valence-electron chi connectivity index (χ1n) is 6.07. The zero-order chi connectivity index (χ0) is 12.0. The fraction of sp³-hybridized carbons (Fsp3) is 0.600. The lowest BCUT2D eigenvalue weighted by atomic mass is 9.85. The van der Waals surface area contributed by atoms with Crippen molar-refractivity contribution >= 4 is 0 Å². The van der Waals surface area contributed by atoms with Crippen LogP contribution in [0.2, 0.25) is 0 Å². The minimum atomic E-state index is 0.0683. The molecule has 1 heteroatoms. The fourth-order valence-electron chi connectivity index (χ4n) is 2.52. The number of aliphatic hydroxyl groups excluding tert-OH is 1. The quantitative estimate of drug-likeness (QED) is 0.768. The van der Waals surface area contributed by atoms with Gasteiger partial charge in [0, 0.05) is 6.61 Å². The Morgan fingerprint density at radius 2 is 1.81 bits per heavy atom. The lowest BCUT2D eigenvalue weighted by Crippen LogP contribution is -2.21. The highest BCUT2D eigenvalue weighted by molar-refractivity contribution is 5.39. The lowest BCUT2D eigenvalue weighted by Gasteiger charge is -2.20. The largest absolute Gasteiger partial charge is 0.396 e. The van der Waals surface area contributed by atoms with Gasteiger partial charge in [0.05, 0.1) is 0 Å². The van der Waals surface area contributed by atoms with Crippen molar-refractivity contribution in [2.45, 2.75) is 46.0 Å². The number of hydrogen-bond donors (Lipinski definition) is 1. The maximum atomic E-state index is 9.43. The van der Waals surface area contributed by atoms with Crippen LogP contribution in [0.4, 0.5) is 0 Å². The van der Waals surface area contributed by atoms with Crippen molar-refractivity contribution in [2.24, 2.45) is 5.41 Å². The van der Waals surface area contributed by atoms with Gasteiger partial charge in [-0.2, -0.15) is 0 Å². The third-order valence-corrected chi connectivity index (χ3v) is 3.69. The Hall–Kier alpha value is -0.820. The molecule has 1 atom stereocenters. The highest BCUT2D eigenvalue weighted by Crippen LogP contribution is 2.38. The Bertz CT molecular complexity index is 400. The van der Waals surface area contributed by atoms with Gasteiger partial charge in [0.15, 0.2) is 0 Å². The van der Waals surface area contributed by atoms with Gasteiger partial charge in [-0.1, -0.05) is 45.9 Å². The summed E-state index contributed by atoms with van der Waals surface area (Å²) in [6.07, 6.45) is 2.03. The molecule has 0 radical (unpaired) electrons. The summed E-state index contributed by atoms with van der Waals surface area (Å²) in [6.45, 7) is 9.19. The molecule has 0 fully saturated rings. The van der Waals surface area contributed by atoms with E-state index in [-0.39, 0.29) is 17.4 Å². The van der Waals surface area contributed by atoms with Crippen LogP contribution in [0, 0.1) is 5.41 Å². The van der Waals surface area contributed by atoms with E-state index >= 15 is 0 Å². The summed E-state index contributed by atoms with van der Waals surface area (Å²) in [5.74, 6) is 0. The minimum absolute atomic E-state index is 0.0683. The summed E-state index contributed by atoms with van der Waals surface area (Å²) in [5.41, 5.74) is 4.54. The average molecular weight is 218 g/mol. The van der Waals surface area contributed by atoms with Gasteiger partial charge < -0.3 is 5.11 Å². The number of aliphatic hydroxyl groups is 1. The first-order valence-corrected chi connectivity index (χ1v) is 6.07. The summed E-state index contributed by atoms with van der Waals surface area (Å²) in [5, 5.41) is 9.43. The molecule has 0 spiro atoms. The second-order valence-electron chi connectivity index (χ2n) is 6.56. The maximum absolute atomic E-state index is 9.43. The first-order chi connectivity index (χ1) is 7.34. The van der Waals surface area contributed by atoms with Crippen molar-refractivity contribution < 1.29 is 5.11 Å². The number of benzene rings is 1. The van der Waals surface area contributed by atoms with E-state index in [1.165, 1.54) is 16.7 Å². The molecule has 2 rings (SSSR count). The van der Waals surface area contributed by atoms with Crippen LogP contribution in [0.1, 0.15) is 44.4 Å². The molecule has 0 saturated heterocycles. The monoisotopic (exact) mass is 218 g/mol.